The lowest BCUT2D eigenvalue weighted by atomic mass is 9.79. The highest BCUT2D eigenvalue weighted by molar-refractivity contribution is 6.01. The molecule has 0 bridgehead atoms. The number of allylic oxidation sites excluding steroid dienone is 8. The highest BCUT2D eigenvalue weighted by Gasteiger charge is 2.23. The molecule has 0 aromatic carbocycles. The molecular weight excluding hydrogens is 342 g/mol. The number of hydrogen-bond donors (Lipinski definition) is 1. The Balaban J connectivity index is 2.92. The smallest absolute Gasteiger partial charge is 0.102 e. The van der Waals surface area contributed by atoms with Gasteiger partial charge in [-0.25, -0.2) is 0 Å². The van der Waals surface area contributed by atoms with Crippen molar-refractivity contribution in [3.8, 4) is 0 Å². The molecule has 0 heterocycles. The first-order valence-electron chi connectivity index (χ1n) is 10.8. The zero-order valence-corrected chi connectivity index (χ0v) is 18.8. The van der Waals surface area contributed by atoms with Crippen molar-refractivity contribution in [2.45, 2.75) is 79.6 Å². The molecule has 1 rings (SSSR count). The molecule has 1 fully saturated rings. The van der Waals surface area contributed by atoms with Crippen molar-refractivity contribution in [2.24, 2.45) is 27.1 Å². The molecule has 2 N–H and O–H groups in total. The van der Waals surface area contributed by atoms with Crippen LogP contribution < -0.4 is 5.73 Å². The molecule has 0 saturated heterocycles. The van der Waals surface area contributed by atoms with Crippen molar-refractivity contribution < 1.29 is 0 Å². The van der Waals surface area contributed by atoms with E-state index in [1.807, 2.05) is 13.8 Å². The fraction of sp³-hybridized carbons (Fsp3) is 0.600. The Kier molecular flexibility index (Phi) is 10.8. The van der Waals surface area contributed by atoms with Crippen LogP contribution in [-0.2, 0) is 0 Å². The zero-order chi connectivity index (χ0) is 21.0. The van der Waals surface area contributed by atoms with Gasteiger partial charge in [0.1, 0.15) is 5.70 Å². The van der Waals surface area contributed by atoms with Crippen LogP contribution in [0.25, 0.3) is 0 Å². The molecule has 0 aromatic rings. The van der Waals surface area contributed by atoms with E-state index in [4.69, 9.17) is 5.73 Å². The minimum atomic E-state index is 0.0451. The van der Waals surface area contributed by atoms with Gasteiger partial charge in [0.25, 0.3) is 0 Å². The van der Waals surface area contributed by atoms with Crippen molar-refractivity contribution in [2.75, 3.05) is 6.54 Å². The van der Waals surface area contributed by atoms with Gasteiger partial charge in [0.2, 0.25) is 0 Å². The van der Waals surface area contributed by atoms with Gasteiger partial charge in [-0.1, -0.05) is 63.5 Å². The lowest BCUT2D eigenvalue weighted by molar-refractivity contribution is 0.382. The minimum Gasteiger partial charge on any atom is -0.400 e. The molecule has 156 valence electrons. The third-order valence-corrected chi connectivity index (χ3v) is 5.21. The molecule has 0 unspecified atom stereocenters. The fourth-order valence-corrected chi connectivity index (χ4v) is 3.97. The highest BCUT2D eigenvalue weighted by atomic mass is 14.8. The van der Waals surface area contributed by atoms with E-state index in [1.165, 1.54) is 37.7 Å². The highest BCUT2D eigenvalue weighted by Crippen LogP contribution is 2.32. The van der Waals surface area contributed by atoms with E-state index >= 15 is 0 Å². The molecule has 0 radical (unpaired) electrons. The standard InChI is InChI=1S/C25H41N3/c1-7-13-22(17-12-16-21-14-10-9-11-15-21)18-25(4,5)19-23(28-8-2)24(27-6)20(3)26/h7,12-13,16-17,21H,6,8-11,14-15,18-19,26H2,1-5H3/b13-7-,16-12+,22-17+,24-20-,28-23-. The third-order valence-electron chi connectivity index (χ3n) is 5.21. The van der Waals surface area contributed by atoms with Gasteiger partial charge in [-0.05, 0) is 70.1 Å². The summed E-state index contributed by atoms with van der Waals surface area (Å²) in [6, 6.07) is 0. The Morgan fingerprint density at radius 1 is 1.18 bits per heavy atom. The van der Waals surface area contributed by atoms with Crippen molar-refractivity contribution >= 4 is 12.4 Å². The monoisotopic (exact) mass is 383 g/mol. The van der Waals surface area contributed by atoms with E-state index in [2.05, 4.69) is 67.9 Å². The lowest BCUT2D eigenvalue weighted by Gasteiger charge is -2.26. The van der Waals surface area contributed by atoms with Crippen molar-refractivity contribution in [3.05, 3.63) is 47.3 Å². The average molecular weight is 384 g/mol. The summed E-state index contributed by atoms with van der Waals surface area (Å²) < 4.78 is 0. The zero-order valence-electron chi connectivity index (χ0n) is 18.8. The quantitative estimate of drug-likeness (QED) is 0.328. The summed E-state index contributed by atoms with van der Waals surface area (Å²) in [5.74, 6) is 0.757. The Morgan fingerprint density at radius 3 is 2.39 bits per heavy atom. The maximum Gasteiger partial charge on any atom is 0.102 e. The van der Waals surface area contributed by atoms with Gasteiger partial charge in [0, 0.05) is 12.2 Å². The van der Waals surface area contributed by atoms with E-state index in [0.717, 1.165) is 36.7 Å². The molecule has 0 amide bonds. The van der Waals surface area contributed by atoms with Crippen molar-refractivity contribution in [1.29, 1.82) is 0 Å². The number of hydrogen-bond acceptors (Lipinski definition) is 3. The summed E-state index contributed by atoms with van der Waals surface area (Å²) in [5.41, 5.74) is 9.78. The third kappa shape index (κ3) is 8.86. The second kappa shape index (κ2) is 12.5. The van der Waals surface area contributed by atoms with Crippen LogP contribution in [0.1, 0.15) is 79.6 Å². The van der Waals surface area contributed by atoms with Crippen LogP contribution >= 0.6 is 0 Å². The molecule has 0 spiro atoms. The number of nitrogens with zero attached hydrogens (tertiary/aromatic N) is 2. The number of aliphatic imine (C=N–C) groups is 2. The van der Waals surface area contributed by atoms with Crippen LogP contribution in [0, 0.1) is 11.3 Å². The van der Waals surface area contributed by atoms with E-state index in [1.54, 1.807) is 0 Å². The summed E-state index contributed by atoms with van der Waals surface area (Å²) in [5, 5.41) is 0. The summed E-state index contributed by atoms with van der Waals surface area (Å²) in [6.07, 6.45) is 19.9. The normalized spacial score (nSPS) is 18.8. The topological polar surface area (TPSA) is 50.7 Å². The van der Waals surface area contributed by atoms with Gasteiger partial charge in [0.15, 0.2) is 0 Å². The largest absolute Gasteiger partial charge is 0.400 e. The Labute approximate surface area is 173 Å². The van der Waals surface area contributed by atoms with Gasteiger partial charge in [-0.2, -0.15) is 0 Å². The predicted molar refractivity (Wildman–Crippen MR) is 126 cm³/mol. The Bertz CT molecular complexity index is 635. The lowest BCUT2D eigenvalue weighted by Crippen LogP contribution is -2.20. The number of rotatable bonds is 10. The summed E-state index contributed by atoms with van der Waals surface area (Å²) in [6.45, 7) is 15.0. The van der Waals surface area contributed by atoms with Crippen LogP contribution in [-0.4, -0.2) is 19.0 Å². The first-order chi connectivity index (χ1) is 13.3. The molecule has 0 aromatic heterocycles. The molecular formula is C25H41N3. The average Bonchev–Trinajstić information content (AvgIpc) is 2.62. The van der Waals surface area contributed by atoms with E-state index in [-0.39, 0.29) is 5.41 Å². The Hall–Kier alpha value is -1.90. The summed E-state index contributed by atoms with van der Waals surface area (Å²) in [4.78, 5) is 8.81. The van der Waals surface area contributed by atoms with Gasteiger partial charge in [-0.3, -0.25) is 9.98 Å². The number of nitrogens with two attached hydrogens (primary N) is 1. The second-order valence-corrected chi connectivity index (χ2v) is 8.65. The molecule has 3 nitrogen and oxygen atoms in total. The van der Waals surface area contributed by atoms with E-state index in [0.29, 0.717) is 5.70 Å². The minimum absolute atomic E-state index is 0.0451. The van der Waals surface area contributed by atoms with Crippen LogP contribution in [0.4, 0.5) is 0 Å². The summed E-state index contributed by atoms with van der Waals surface area (Å²) >= 11 is 0. The van der Waals surface area contributed by atoms with Crippen molar-refractivity contribution in [3.63, 3.8) is 0 Å². The second-order valence-electron chi connectivity index (χ2n) is 8.65. The van der Waals surface area contributed by atoms with Crippen LogP contribution in [0.15, 0.2) is 57.3 Å². The molecule has 0 atom stereocenters. The van der Waals surface area contributed by atoms with Gasteiger partial charge >= 0.3 is 0 Å². The molecule has 0 aliphatic heterocycles. The predicted octanol–water partition coefficient (Wildman–Crippen LogP) is 6.78. The maximum absolute atomic E-state index is 6.02. The van der Waals surface area contributed by atoms with E-state index in [9.17, 15) is 0 Å². The first-order valence-corrected chi connectivity index (χ1v) is 10.8. The van der Waals surface area contributed by atoms with Gasteiger partial charge < -0.3 is 5.73 Å². The van der Waals surface area contributed by atoms with Crippen LogP contribution in [0.5, 0.6) is 0 Å². The SMILES string of the molecule is C=NC(/C(CC(C)(C)CC(/C=C\C)=C/C=C/C1CCCCC1)=N\CC)=C(/C)N. The molecule has 1 saturated carbocycles. The van der Waals surface area contributed by atoms with Crippen molar-refractivity contribution in [1.82, 2.24) is 0 Å². The fourth-order valence-electron chi connectivity index (χ4n) is 3.97. The molecule has 1 aliphatic rings. The van der Waals surface area contributed by atoms with Gasteiger partial charge in [0.05, 0.1) is 5.71 Å². The molecule has 3 heteroatoms. The maximum atomic E-state index is 6.02. The summed E-state index contributed by atoms with van der Waals surface area (Å²) in [7, 11) is 0. The first kappa shape index (κ1) is 24.1. The van der Waals surface area contributed by atoms with E-state index < -0.39 is 0 Å². The molecule has 28 heavy (non-hydrogen) atoms. The van der Waals surface area contributed by atoms with Gasteiger partial charge in [-0.15, -0.1) is 0 Å². The Morgan fingerprint density at radius 2 is 1.86 bits per heavy atom. The van der Waals surface area contributed by atoms with Crippen LogP contribution in [0.3, 0.4) is 0 Å². The van der Waals surface area contributed by atoms with Crippen LogP contribution in [0.2, 0.25) is 0 Å². The molecule has 1 aliphatic carbocycles.